The SMILES string of the molecule is C[C@@H](CNC(=O)Cc1ccc([N+](=O)[O-])cc1)Oc1ccccc1. The van der Waals surface area contributed by atoms with Gasteiger partial charge in [0, 0.05) is 12.1 Å². The molecule has 2 aromatic carbocycles. The minimum absolute atomic E-state index is 0.0130. The Bertz CT molecular complexity index is 656. The third-order valence-corrected chi connectivity index (χ3v) is 3.18. The number of non-ortho nitro benzene ring substituents is 1. The van der Waals surface area contributed by atoms with E-state index < -0.39 is 4.92 Å². The summed E-state index contributed by atoms with van der Waals surface area (Å²) in [5, 5.41) is 13.4. The summed E-state index contributed by atoms with van der Waals surface area (Å²) < 4.78 is 5.67. The van der Waals surface area contributed by atoms with Gasteiger partial charge in [0.1, 0.15) is 11.9 Å². The third kappa shape index (κ3) is 5.43. The number of amides is 1. The highest BCUT2D eigenvalue weighted by Crippen LogP contribution is 2.12. The third-order valence-electron chi connectivity index (χ3n) is 3.18. The number of ether oxygens (including phenoxy) is 1. The van der Waals surface area contributed by atoms with Gasteiger partial charge >= 0.3 is 0 Å². The van der Waals surface area contributed by atoms with Crippen molar-refractivity contribution < 1.29 is 14.5 Å². The summed E-state index contributed by atoms with van der Waals surface area (Å²) in [5.74, 6) is 0.604. The van der Waals surface area contributed by atoms with Gasteiger partial charge in [-0.15, -0.1) is 0 Å². The van der Waals surface area contributed by atoms with Crippen molar-refractivity contribution in [1.82, 2.24) is 5.32 Å². The van der Waals surface area contributed by atoms with E-state index in [9.17, 15) is 14.9 Å². The van der Waals surface area contributed by atoms with Crippen LogP contribution in [0, 0.1) is 10.1 Å². The van der Waals surface area contributed by atoms with Crippen LogP contribution in [0.1, 0.15) is 12.5 Å². The second kappa shape index (κ2) is 7.93. The first-order valence-electron chi connectivity index (χ1n) is 7.26. The Morgan fingerprint density at radius 1 is 1.17 bits per heavy atom. The van der Waals surface area contributed by atoms with Crippen molar-refractivity contribution >= 4 is 11.6 Å². The number of nitro benzene ring substituents is 1. The summed E-state index contributed by atoms with van der Waals surface area (Å²) in [5.41, 5.74) is 0.740. The van der Waals surface area contributed by atoms with Crippen LogP contribution in [-0.2, 0) is 11.2 Å². The summed E-state index contributed by atoms with van der Waals surface area (Å²) in [7, 11) is 0. The Balaban J connectivity index is 1.77. The lowest BCUT2D eigenvalue weighted by molar-refractivity contribution is -0.384. The second-order valence-electron chi connectivity index (χ2n) is 5.15. The summed E-state index contributed by atoms with van der Waals surface area (Å²) in [6.07, 6.45) is 0.0222. The number of nitrogens with one attached hydrogen (secondary N) is 1. The fourth-order valence-electron chi connectivity index (χ4n) is 2.01. The van der Waals surface area contributed by atoms with E-state index in [0.717, 1.165) is 11.3 Å². The van der Waals surface area contributed by atoms with Gasteiger partial charge in [-0.05, 0) is 24.6 Å². The van der Waals surface area contributed by atoms with Crippen LogP contribution in [0.4, 0.5) is 5.69 Å². The van der Waals surface area contributed by atoms with E-state index in [1.54, 1.807) is 12.1 Å². The molecular weight excluding hydrogens is 296 g/mol. The smallest absolute Gasteiger partial charge is 0.269 e. The predicted octanol–water partition coefficient (Wildman–Crippen LogP) is 2.72. The monoisotopic (exact) mass is 314 g/mol. The molecule has 0 spiro atoms. The van der Waals surface area contributed by atoms with E-state index in [1.807, 2.05) is 37.3 Å². The number of hydrogen-bond donors (Lipinski definition) is 1. The molecule has 1 N–H and O–H groups in total. The molecule has 0 saturated carbocycles. The Labute approximate surface area is 134 Å². The fraction of sp³-hybridized carbons (Fsp3) is 0.235. The van der Waals surface area contributed by atoms with Gasteiger partial charge in [0.15, 0.2) is 0 Å². The molecule has 0 aromatic heterocycles. The lowest BCUT2D eigenvalue weighted by atomic mass is 10.1. The van der Waals surface area contributed by atoms with E-state index in [4.69, 9.17) is 4.74 Å². The zero-order valence-corrected chi connectivity index (χ0v) is 12.8. The number of carbonyl (C=O) groups is 1. The minimum atomic E-state index is -0.466. The summed E-state index contributed by atoms with van der Waals surface area (Å²) in [6, 6.07) is 15.3. The maximum atomic E-state index is 11.9. The number of nitrogens with zero attached hydrogens (tertiary/aromatic N) is 1. The van der Waals surface area contributed by atoms with Crippen LogP contribution in [-0.4, -0.2) is 23.5 Å². The number of rotatable bonds is 7. The molecular formula is C17H18N2O4. The standard InChI is InChI=1S/C17H18N2O4/c1-13(23-16-5-3-2-4-6-16)12-18-17(20)11-14-7-9-15(10-8-14)19(21)22/h2-10,13H,11-12H2,1H3,(H,18,20)/t13-/m0/s1. The van der Waals surface area contributed by atoms with Crippen LogP contribution in [0.25, 0.3) is 0 Å². The van der Waals surface area contributed by atoms with Gasteiger partial charge in [-0.3, -0.25) is 14.9 Å². The van der Waals surface area contributed by atoms with Crippen molar-refractivity contribution in [2.75, 3.05) is 6.54 Å². The lowest BCUT2D eigenvalue weighted by Gasteiger charge is -2.15. The normalized spacial score (nSPS) is 11.5. The van der Waals surface area contributed by atoms with Crippen molar-refractivity contribution in [2.45, 2.75) is 19.4 Å². The van der Waals surface area contributed by atoms with E-state index in [-0.39, 0.29) is 24.1 Å². The first-order valence-corrected chi connectivity index (χ1v) is 7.26. The minimum Gasteiger partial charge on any atom is -0.489 e. The summed E-state index contributed by atoms with van der Waals surface area (Å²) in [4.78, 5) is 22.0. The average molecular weight is 314 g/mol. The molecule has 0 unspecified atom stereocenters. The molecule has 0 aliphatic rings. The molecule has 0 bridgehead atoms. The van der Waals surface area contributed by atoms with Crippen LogP contribution >= 0.6 is 0 Å². The summed E-state index contributed by atoms with van der Waals surface area (Å²) >= 11 is 0. The predicted molar refractivity (Wildman–Crippen MR) is 86.3 cm³/mol. The van der Waals surface area contributed by atoms with Crippen LogP contribution in [0.3, 0.4) is 0 Å². The Morgan fingerprint density at radius 3 is 2.43 bits per heavy atom. The van der Waals surface area contributed by atoms with Gasteiger partial charge in [0.05, 0.1) is 17.9 Å². The molecule has 0 saturated heterocycles. The van der Waals surface area contributed by atoms with Crippen LogP contribution in [0.5, 0.6) is 5.75 Å². The zero-order valence-electron chi connectivity index (χ0n) is 12.8. The lowest BCUT2D eigenvalue weighted by Crippen LogP contribution is -2.34. The fourth-order valence-corrected chi connectivity index (χ4v) is 2.01. The molecule has 120 valence electrons. The second-order valence-corrected chi connectivity index (χ2v) is 5.15. The molecule has 0 aliphatic carbocycles. The quantitative estimate of drug-likeness (QED) is 0.629. The van der Waals surface area contributed by atoms with Crippen molar-refractivity contribution in [1.29, 1.82) is 0 Å². The number of carbonyl (C=O) groups excluding carboxylic acids is 1. The molecule has 2 aromatic rings. The summed E-state index contributed by atoms with van der Waals surface area (Å²) in [6.45, 7) is 2.26. The van der Waals surface area contributed by atoms with Gasteiger partial charge in [0.25, 0.3) is 5.69 Å². The topological polar surface area (TPSA) is 81.5 Å². The van der Waals surface area contributed by atoms with Gasteiger partial charge < -0.3 is 10.1 Å². The van der Waals surface area contributed by atoms with Crippen LogP contribution in [0.15, 0.2) is 54.6 Å². The number of hydrogen-bond acceptors (Lipinski definition) is 4. The van der Waals surface area contributed by atoms with E-state index >= 15 is 0 Å². The Hall–Kier alpha value is -2.89. The van der Waals surface area contributed by atoms with Crippen molar-refractivity contribution in [2.24, 2.45) is 0 Å². The molecule has 0 aliphatic heterocycles. The van der Waals surface area contributed by atoms with Gasteiger partial charge in [-0.2, -0.15) is 0 Å². The first kappa shape index (κ1) is 16.5. The molecule has 23 heavy (non-hydrogen) atoms. The van der Waals surface area contributed by atoms with Gasteiger partial charge in [-0.1, -0.05) is 30.3 Å². The molecule has 6 nitrogen and oxygen atoms in total. The highest BCUT2D eigenvalue weighted by Gasteiger charge is 2.09. The Kier molecular flexibility index (Phi) is 5.68. The van der Waals surface area contributed by atoms with Crippen molar-refractivity contribution in [3.63, 3.8) is 0 Å². The molecule has 1 amide bonds. The molecule has 0 fully saturated rings. The van der Waals surface area contributed by atoms with Gasteiger partial charge in [-0.25, -0.2) is 0 Å². The van der Waals surface area contributed by atoms with E-state index in [1.165, 1.54) is 12.1 Å². The number of benzene rings is 2. The maximum Gasteiger partial charge on any atom is 0.269 e. The van der Waals surface area contributed by atoms with E-state index in [2.05, 4.69) is 5.32 Å². The number of para-hydroxylation sites is 1. The zero-order chi connectivity index (χ0) is 16.7. The molecule has 2 rings (SSSR count). The maximum absolute atomic E-state index is 11.9. The highest BCUT2D eigenvalue weighted by atomic mass is 16.6. The molecule has 0 heterocycles. The molecule has 1 atom stereocenters. The Morgan fingerprint density at radius 2 is 1.83 bits per heavy atom. The largest absolute Gasteiger partial charge is 0.489 e. The van der Waals surface area contributed by atoms with Gasteiger partial charge in [0.2, 0.25) is 5.91 Å². The van der Waals surface area contributed by atoms with Crippen molar-refractivity contribution in [3.8, 4) is 5.75 Å². The average Bonchev–Trinajstić information content (AvgIpc) is 2.54. The molecule has 6 heteroatoms. The molecule has 0 radical (unpaired) electrons. The van der Waals surface area contributed by atoms with Crippen molar-refractivity contribution in [3.05, 3.63) is 70.3 Å². The first-order chi connectivity index (χ1) is 11.0. The number of nitro groups is 1. The van der Waals surface area contributed by atoms with Crippen LogP contribution in [0.2, 0.25) is 0 Å². The van der Waals surface area contributed by atoms with Crippen LogP contribution < -0.4 is 10.1 Å². The highest BCUT2D eigenvalue weighted by molar-refractivity contribution is 5.78. The van der Waals surface area contributed by atoms with E-state index in [0.29, 0.717) is 6.54 Å².